The predicted molar refractivity (Wildman–Crippen MR) is 63.2 cm³/mol. The number of carbonyl (C=O) groups excluding carboxylic acids is 2. The third kappa shape index (κ3) is 2.44. The van der Waals surface area contributed by atoms with Crippen molar-refractivity contribution < 1.29 is 19.7 Å². The van der Waals surface area contributed by atoms with Crippen LogP contribution < -0.4 is 5.26 Å². The van der Waals surface area contributed by atoms with Gasteiger partial charge < -0.3 is 10.1 Å². The molecule has 2 saturated carbocycles. The second-order valence-electron chi connectivity index (χ2n) is 5.71. The number of ketones is 1. The van der Waals surface area contributed by atoms with Crippen LogP contribution in [0.25, 0.3) is 0 Å². The maximum atomic E-state index is 12.6. The molecule has 0 aliphatic heterocycles. The van der Waals surface area contributed by atoms with Crippen LogP contribution in [-0.2, 0) is 14.5 Å². The predicted octanol–water partition coefficient (Wildman–Crippen LogP) is 1.90. The molecule has 4 nitrogen and oxygen atoms in total. The highest BCUT2D eigenvalue weighted by Gasteiger charge is 2.49. The summed E-state index contributed by atoms with van der Waals surface area (Å²) < 4.78 is 0. The Morgan fingerprint density at radius 2 is 1.50 bits per heavy atom. The number of hydrogen-bond donors (Lipinski definition) is 0. The normalized spacial score (nSPS) is 24.5. The molecule has 0 heterocycles. The molecule has 0 N–H and O–H groups in total. The first kappa shape index (κ1) is 13.5. The fourth-order valence-electron chi connectivity index (χ4n) is 3.54. The van der Waals surface area contributed by atoms with Crippen LogP contribution in [-0.4, -0.2) is 11.8 Å². The van der Waals surface area contributed by atoms with Crippen LogP contribution in [0.5, 0.6) is 0 Å². The maximum absolute atomic E-state index is 12.6. The highest BCUT2D eigenvalue weighted by molar-refractivity contribution is 6.04. The lowest BCUT2D eigenvalue weighted by atomic mass is 9.66. The van der Waals surface area contributed by atoms with E-state index >= 15 is 0 Å². The summed E-state index contributed by atoms with van der Waals surface area (Å²) in [7, 11) is 0. The molecule has 2 fully saturated rings. The molecule has 0 aromatic carbocycles. The van der Waals surface area contributed by atoms with E-state index in [1.165, 1.54) is 6.42 Å². The van der Waals surface area contributed by atoms with Gasteiger partial charge in [0.2, 0.25) is 0 Å². The number of carbonyl (C=O) groups is 2. The van der Waals surface area contributed by atoms with Gasteiger partial charge in [-0.05, 0) is 25.7 Å². The van der Waals surface area contributed by atoms with Crippen molar-refractivity contribution in [3.63, 3.8) is 0 Å². The zero-order valence-electron chi connectivity index (χ0n) is 10.8. The van der Waals surface area contributed by atoms with Crippen LogP contribution in [0.15, 0.2) is 0 Å². The Bertz CT molecular complexity index is 312. The summed E-state index contributed by atoms with van der Waals surface area (Å²) in [6.07, 6.45) is 8.74. The van der Waals surface area contributed by atoms with Gasteiger partial charge in [-0.15, -0.1) is 0 Å². The number of rotatable bonds is 3. The average molecular weight is 253 g/mol. The van der Waals surface area contributed by atoms with Crippen LogP contribution in [0, 0.1) is 11.3 Å². The molecule has 2 aliphatic carbocycles. The Kier molecular flexibility index (Phi) is 4.38. The Morgan fingerprint density at radius 3 is 2.06 bits per heavy atom. The minimum atomic E-state index is -1.11. The minimum absolute atomic E-state index is 0.0113. The summed E-state index contributed by atoms with van der Waals surface area (Å²) in [6.45, 7) is 0. The Labute approximate surface area is 108 Å². The molecule has 2 rings (SSSR count). The lowest BCUT2D eigenvalue weighted by molar-refractivity contribution is -0.658. The van der Waals surface area contributed by atoms with Crippen molar-refractivity contribution >= 4 is 11.8 Å². The molecule has 0 spiro atoms. The van der Waals surface area contributed by atoms with E-state index in [1.54, 1.807) is 0 Å². The monoisotopic (exact) mass is 253 g/mol. The zero-order chi connectivity index (χ0) is 13.0. The van der Waals surface area contributed by atoms with Crippen LogP contribution in [0.3, 0.4) is 0 Å². The fraction of sp³-hybridized carbons (Fsp3) is 0.857. The second-order valence-corrected chi connectivity index (χ2v) is 5.71. The minimum Gasteiger partial charge on any atom is -0.662 e. The summed E-state index contributed by atoms with van der Waals surface area (Å²) in [5.41, 5.74) is -1.11. The van der Waals surface area contributed by atoms with Crippen molar-refractivity contribution in [1.82, 2.24) is 0 Å². The lowest BCUT2D eigenvalue weighted by Crippen LogP contribution is -2.47. The number of hydrogen-bond acceptors (Lipinski definition) is 4. The van der Waals surface area contributed by atoms with Gasteiger partial charge in [0, 0.05) is 5.92 Å². The first-order chi connectivity index (χ1) is 8.70. The van der Waals surface area contributed by atoms with Crippen molar-refractivity contribution in [2.45, 2.75) is 64.2 Å². The van der Waals surface area contributed by atoms with Gasteiger partial charge in [-0.2, -0.15) is 0 Å². The summed E-state index contributed by atoms with van der Waals surface area (Å²) in [5.74, 6) is -0.878. The van der Waals surface area contributed by atoms with E-state index < -0.39 is 11.4 Å². The van der Waals surface area contributed by atoms with Crippen molar-refractivity contribution in [3.05, 3.63) is 0 Å². The van der Waals surface area contributed by atoms with E-state index in [-0.39, 0.29) is 11.7 Å². The van der Waals surface area contributed by atoms with Gasteiger partial charge in [0.25, 0.3) is 0 Å². The van der Waals surface area contributed by atoms with Gasteiger partial charge in [0.15, 0.2) is 5.78 Å². The second kappa shape index (κ2) is 5.83. The molecule has 0 saturated heterocycles. The van der Waals surface area contributed by atoms with Gasteiger partial charge in [0.1, 0.15) is 5.41 Å². The first-order valence-electron chi connectivity index (χ1n) is 7.09. The Morgan fingerprint density at radius 1 is 0.944 bits per heavy atom. The maximum Gasteiger partial charge on any atom is 0.313 e. The molecule has 0 aromatic heterocycles. The molecule has 0 amide bonds. The molecule has 0 aromatic rings. The quantitative estimate of drug-likeness (QED) is 0.438. The van der Waals surface area contributed by atoms with Gasteiger partial charge >= 0.3 is 5.97 Å². The van der Waals surface area contributed by atoms with E-state index in [1.807, 2.05) is 0 Å². The summed E-state index contributed by atoms with van der Waals surface area (Å²) in [4.78, 5) is 28.1. The molecular weight excluding hydrogens is 232 g/mol. The van der Waals surface area contributed by atoms with Crippen LogP contribution in [0.2, 0.25) is 0 Å². The largest absolute Gasteiger partial charge is 0.662 e. The fourth-order valence-corrected chi connectivity index (χ4v) is 3.54. The van der Waals surface area contributed by atoms with Crippen LogP contribution in [0.4, 0.5) is 0 Å². The van der Waals surface area contributed by atoms with E-state index in [4.69, 9.17) is 0 Å². The summed E-state index contributed by atoms with van der Waals surface area (Å²) >= 11 is 0. The highest BCUT2D eigenvalue weighted by atomic mass is 17.1. The highest BCUT2D eigenvalue weighted by Crippen LogP contribution is 2.42. The van der Waals surface area contributed by atoms with Crippen LogP contribution >= 0.6 is 0 Å². The Hall–Kier alpha value is -0.900. The summed E-state index contributed by atoms with van der Waals surface area (Å²) in [6, 6.07) is 0. The first-order valence-corrected chi connectivity index (χ1v) is 7.09. The third-order valence-corrected chi connectivity index (χ3v) is 4.62. The van der Waals surface area contributed by atoms with E-state index in [9.17, 15) is 14.8 Å². The molecule has 18 heavy (non-hydrogen) atoms. The SMILES string of the molecule is O=C(O[O-])C1(C(=O)C2CCCCC2)CCCCC1. The van der Waals surface area contributed by atoms with Crippen molar-refractivity contribution in [2.75, 3.05) is 0 Å². The molecular formula is C14H21O4-. The average Bonchev–Trinajstić information content (AvgIpc) is 2.47. The number of Topliss-reactive ketones (excluding diaryl/α,β-unsaturated/α-hetero) is 1. The van der Waals surface area contributed by atoms with Crippen molar-refractivity contribution in [3.8, 4) is 0 Å². The van der Waals surface area contributed by atoms with Gasteiger partial charge in [-0.1, -0.05) is 38.5 Å². The van der Waals surface area contributed by atoms with E-state index in [0.29, 0.717) is 12.8 Å². The van der Waals surface area contributed by atoms with Crippen LogP contribution in [0.1, 0.15) is 64.2 Å². The molecule has 4 heteroatoms. The molecule has 0 atom stereocenters. The zero-order valence-corrected chi connectivity index (χ0v) is 10.8. The van der Waals surface area contributed by atoms with E-state index in [0.717, 1.165) is 44.9 Å². The van der Waals surface area contributed by atoms with E-state index in [2.05, 4.69) is 4.89 Å². The summed E-state index contributed by atoms with van der Waals surface area (Å²) in [5, 5.41) is 10.5. The smallest absolute Gasteiger partial charge is 0.313 e. The lowest BCUT2D eigenvalue weighted by Gasteiger charge is -2.37. The third-order valence-electron chi connectivity index (χ3n) is 4.62. The molecule has 0 bridgehead atoms. The molecule has 2 aliphatic rings. The van der Waals surface area contributed by atoms with Gasteiger partial charge in [0.05, 0.1) is 0 Å². The van der Waals surface area contributed by atoms with Crippen molar-refractivity contribution in [2.24, 2.45) is 11.3 Å². The topological polar surface area (TPSA) is 66.4 Å². The van der Waals surface area contributed by atoms with Gasteiger partial charge in [-0.3, -0.25) is 9.59 Å². The standard InChI is InChI=1S/C14H22O4/c15-12(11-7-3-1-4-8-11)14(13(16)18-17)9-5-2-6-10-14/h11,17H,1-10H2/p-1. The molecule has 102 valence electrons. The van der Waals surface area contributed by atoms with Crippen molar-refractivity contribution in [1.29, 1.82) is 0 Å². The Balaban J connectivity index is 2.16. The molecule has 0 unspecified atom stereocenters. The van der Waals surface area contributed by atoms with Gasteiger partial charge in [-0.25, -0.2) is 0 Å². The molecule has 0 radical (unpaired) electrons.